The van der Waals surface area contributed by atoms with Crippen LogP contribution < -0.4 is 15.0 Å². The molecule has 3 aromatic rings. The maximum absolute atomic E-state index is 14.0. The molecular weight excluding hydrogens is 457 g/mol. The van der Waals surface area contributed by atoms with Crippen molar-refractivity contribution in [1.82, 2.24) is 19.9 Å². The number of halogens is 1. The van der Waals surface area contributed by atoms with E-state index in [2.05, 4.69) is 15.4 Å². The molecule has 188 valence electrons. The Morgan fingerprint density at radius 2 is 2.00 bits per heavy atom. The van der Waals surface area contributed by atoms with Gasteiger partial charge in [-0.25, -0.2) is 23.5 Å². The second-order valence-corrected chi connectivity index (χ2v) is 8.72. The first-order chi connectivity index (χ1) is 16.6. The smallest absolute Gasteiger partial charge is 0.407 e. The fourth-order valence-electron chi connectivity index (χ4n) is 3.20. The summed E-state index contributed by atoms with van der Waals surface area (Å²) >= 11 is 0. The summed E-state index contributed by atoms with van der Waals surface area (Å²) in [7, 11) is 1.79. The van der Waals surface area contributed by atoms with E-state index < -0.39 is 23.5 Å². The summed E-state index contributed by atoms with van der Waals surface area (Å²) in [6, 6.07) is 5.97. The van der Waals surface area contributed by atoms with Crippen LogP contribution in [0.1, 0.15) is 43.6 Å². The summed E-state index contributed by atoms with van der Waals surface area (Å²) in [4.78, 5) is 30.3. The number of fused-ring (bicyclic) bond motifs is 1. The lowest BCUT2D eigenvalue weighted by Crippen LogP contribution is -2.34. The van der Waals surface area contributed by atoms with E-state index in [0.29, 0.717) is 22.8 Å². The minimum absolute atomic E-state index is 0.171. The highest BCUT2D eigenvalue weighted by Crippen LogP contribution is 2.24. The predicted molar refractivity (Wildman–Crippen MR) is 127 cm³/mol. The van der Waals surface area contributed by atoms with Gasteiger partial charge < -0.3 is 24.4 Å². The number of ether oxygens (including phenoxy) is 3. The molecule has 0 saturated carbocycles. The van der Waals surface area contributed by atoms with Crippen LogP contribution in [0.15, 0.2) is 36.7 Å². The van der Waals surface area contributed by atoms with Crippen LogP contribution in [0.25, 0.3) is 5.65 Å². The zero-order valence-electron chi connectivity index (χ0n) is 20.5. The van der Waals surface area contributed by atoms with Gasteiger partial charge in [-0.2, -0.15) is 5.10 Å². The van der Waals surface area contributed by atoms with E-state index in [9.17, 15) is 14.0 Å². The third-order valence-corrected chi connectivity index (χ3v) is 4.70. The molecule has 0 aliphatic carbocycles. The third-order valence-electron chi connectivity index (χ3n) is 4.70. The van der Waals surface area contributed by atoms with Gasteiger partial charge in [0.1, 0.15) is 35.2 Å². The van der Waals surface area contributed by atoms with Gasteiger partial charge in [0.05, 0.1) is 19.3 Å². The molecule has 0 atom stereocenters. The Labute approximate surface area is 203 Å². The fourth-order valence-corrected chi connectivity index (χ4v) is 3.20. The first kappa shape index (κ1) is 25.7. The van der Waals surface area contributed by atoms with E-state index in [1.54, 1.807) is 58.0 Å². The molecule has 0 spiro atoms. The molecule has 2 aromatic heterocycles. The van der Waals surface area contributed by atoms with E-state index in [1.165, 1.54) is 22.8 Å². The molecule has 0 saturated heterocycles. The number of carbonyl (C=O) groups excluding carboxylic acids is 2. The van der Waals surface area contributed by atoms with Crippen molar-refractivity contribution in [3.05, 3.63) is 53.6 Å². The van der Waals surface area contributed by atoms with Gasteiger partial charge in [-0.1, -0.05) is 0 Å². The number of nitrogens with zero attached hydrogens (tertiary/aromatic N) is 4. The molecular formula is C24H30FN5O5. The number of hydrogen-bond donors (Lipinski definition) is 1. The van der Waals surface area contributed by atoms with Crippen molar-refractivity contribution >= 4 is 23.5 Å². The van der Waals surface area contributed by atoms with E-state index in [4.69, 9.17) is 14.2 Å². The maximum Gasteiger partial charge on any atom is 0.407 e. The van der Waals surface area contributed by atoms with E-state index in [1.807, 2.05) is 0 Å². The van der Waals surface area contributed by atoms with Gasteiger partial charge in [-0.05, 0) is 52.0 Å². The first-order valence-electron chi connectivity index (χ1n) is 11.2. The number of amides is 1. The highest BCUT2D eigenvalue weighted by atomic mass is 19.1. The van der Waals surface area contributed by atoms with E-state index >= 15 is 0 Å². The quantitative estimate of drug-likeness (QED) is 0.361. The molecule has 11 heteroatoms. The lowest BCUT2D eigenvalue weighted by atomic mass is 10.2. The van der Waals surface area contributed by atoms with E-state index in [0.717, 1.165) is 0 Å². The molecule has 0 bridgehead atoms. The Morgan fingerprint density at radius 1 is 1.23 bits per heavy atom. The van der Waals surface area contributed by atoms with Crippen LogP contribution in [0.5, 0.6) is 5.75 Å². The number of aromatic nitrogens is 3. The minimum atomic E-state index is -0.593. The normalized spacial score (nSPS) is 11.3. The van der Waals surface area contributed by atoms with Crippen LogP contribution in [0.2, 0.25) is 0 Å². The molecule has 35 heavy (non-hydrogen) atoms. The molecule has 0 fully saturated rings. The number of esters is 1. The third kappa shape index (κ3) is 7.05. The average Bonchev–Trinajstić information content (AvgIpc) is 3.20. The SMILES string of the molecule is CCOC(=O)c1cnn2ccc(N(C)Cc3cc(F)ccc3OCCNC(=O)OC(C)(C)C)nc12. The van der Waals surface area contributed by atoms with Gasteiger partial charge >= 0.3 is 12.1 Å². The maximum atomic E-state index is 14.0. The van der Waals surface area contributed by atoms with Crippen molar-refractivity contribution in [2.75, 3.05) is 31.7 Å². The van der Waals surface area contributed by atoms with Gasteiger partial charge in [-0.15, -0.1) is 0 Å². The summed E-state index contributed by atoms with van der Waals surface area (Å²) in [5, 5.41) is 6.75. The molecule has 1 aromatic carbocycles. The van der Waals surface area contributed by atoms with Crippen LogP contribution in [0.4, 0.5) is 15.0 Å². The molecule has 0 unspecified atom stereocenters. The number of alkyl carbamates (subject to hydrolysis) is 1. The summed E-state index contributed by atoms with van der Waals surface area (Å²) in [5.41, 5.74) is 0.613. The Bertz CT molecular complexity index is 1190. The Morgan fingerprint density at radius 3 is 2.71 bits per heavy atom. The molecule has 0 aliphatic heterocycles. The number of benzene rings is 1. The topological polar surface area (TPSA) is 107 Å². The predicted octanol–water partition coefficient (Wildman–Crippen LogP) is 3.59. The monoisotopic (exact) mass is 487 g/mol. The number of carbonyl (C=O) groups is 2. The van der Waals surface area contributed by atoms with Crippen LogP contribution in [-0.2, 0) is 16.0 Å². The van der Waals surface area contributed by atoms with E-state index in [-0.39, 0.29) is 31.9 Å². The summed E-state index contributed by atoms with van der Waals surface area (Å²) in [5.74, 6) is 0.110. The first-order valence-corrected chi connectivity index (χ1v) is 11.2. The zero-order valence-corrected chi connectivity index (χ0v) is 20.5. The summed E-state index contributed by atoms with van der Waals surface area (Å²) in [6.45, 7) is 7.97. The van der Waals surface area contributed by atoms with Crippen LogP contribution in [-0.4, -0.2) is 59.1 Å². The van der Waals surface area contributed by atoms with Crippen molar-refractivity contribution in [3.63, 3.8) is 0 Å². The lowest BCUT2D eigenvalue weighted by Gasteiger charge is -2.21. The van der Waals surface area contributed by atoms with Gasteiger partial charge in [0.2, 0.25) is 0 Å². The molecule has 1 amide bonds. The minimum Gasteiger partial charge on any atom is -0.491 e. The number of nitrogens with one attached hydrogen (secondary N) is 1. The van der Waals surface area contributed by atoms with Crippen molar-refractivity contribution in [2.45, 2.75) is 39.8 Å². The Balaban J connectivity index is 1.69. The standard InChI is InChI=1S/C24H30FN5O5/c1-6-33-22(31)18-14-27-30-11-9-20(28-21(18)30)29(5)15-16-13-17(25)7-8-19(16)34-12-10-26-23(32)35-24(2,3)4/h7-9,11,13-14H,6,10,12,15H2,1-5H3,(H,26,32). The van der Waals surface area contributed by atoms with Gasteiger partial charge in [0.25, 0.3) is 0 Å². The number of anilines is 1. The Kier molecular flexibility index (Phi) is 8.10. The average molecular weight is 488 g/mol. The molecule has 1 N–H and O–H groups in total. The van der Waals surface area contributed by atoms with Crippen LogP contribution in [0, 0.1) is 5.82 Å². The second kappa shape index (κ2) is 11.0. The van der Waals surface area contributed by atoms with Crippen molar-refractivity contribution in [2.24, 2.45) is 0 Å². The molecule has 0 aliphatic rings. The molecule has 10 nitrogen and oxygen atoms in total. The van der Waals surface area contributed by atoms with Crippen molar-refractivity contribution < 1.29 is 28.2 Å². The Hall–Kier alpha value is -3.89. The van der Waals surface area contributed by atoms with Crippen LogP contribution in [0.3, 0.4) is 0 Å². The molecule has 0 radical (unpaired) electrons. The lowest BCUT2D eigenvalue weighted by molar-refractivity contribution is 0.0513. The highest BCUT2D eigenvalue weighted by Gasteiger charge is 2.18. The van der Waals surface area contributed by atoms with Crippen molar-refractivity contribution in [1.29, 1.82) is 0 Å². The van der Waals surface area contributed by atoms with Crippen LogP contribution >= 0.6 is 0 Å². The molecule has 2 heterocycles. The zero-order chi connectivity index (χ0) is 25.6. The molecule has 3 rings (SSSR count). The number of rotatable bonds is 9. The number of hydrogen-bond acceptors (Lipinski definition) is 8. The largest absolute Gasteiger partial charge is 0.491 e. The second-order valence-electron chi connectivity index (χ2n) is 8.72. The highest BCUT2D eigenvalue weighted by molar-refractivity contribution is 5.95. The van der Waals surface area contributed by atoms with Crippen molar-refractivity contribution in [3.8, 4) is 5.75 Å². The summed E-state index contributed by atoms with van der Waals surface area (Å²) in [6.07, 6.45) is 2.56. The van der Waals surface area contributed by atoms with Gasteiger partial charge in [0, 0.05) is 25.4 Å². The fraction of sp³-hybridized carbons (Fsp3) is 0.417. The van der Waals surface area contributed by atoms with Gasteiger partial charge in [-0.3, -0.25) is 0 Å². The summed E-state index contributed by atoms with van der Waals surface area (Å²) < 4.78 is 31.5. The van der Waals surface area contributed by atoms with Gasteiger partial charge in [0.15, 0.2) is 5.65 Å².